The molecule has 1 saturated heterocycles. The maximum Gasteiger partial charge on any atom is 0.231 e. The Hall–Kier alpha value is -3.06. The Bertz CT molecular complexity index is 1000. The Morgan fingerprint density at radius 2 is 2.00 bits per heavy atom. The van der Waals surface area contributed by atoms with E-state index in [4.69, 9.17) is 21.7 Å². The molecule has 0 aliphatic carbocycles. The van der Waals surface area contributed by atoms with Crippen molar-refractivity contribution < 1.29 is 9.47 Å². The summed E-state index contributed by atoms with van der Waals surface area (Å²) in [5.74, 6) is 1.49. The van der Waals surface area contributed by atoms with Crippen LogP contribution in [0.5, 0.6) is 11.5 Å². The zero-order valence-electron chi connectivity index (χ0n) is 14.7. The number of hydrogen-bond acceptors (Lipinski definition) is 4. The minimum atomic E-state index is -0.0674. The van der Waals surface area contributed by atoms with Crippen molar-refractivity contribution in [3.8, 4) is 11.5 Å². The van der Waals surface area contributed by atoms with Gasteiger partial charge in [-0.05, 0) is 55.5 Å². The van der Waals surface area contributed by atoms with Crippen LogP contribution in [0.2, 0.25) is 0 Å². The summed E-state index contributed by atoms with van der Waals surface area (Å²) >= 11 is 5.71. The quantitative estimate of drug-likeness (QED) is 0.679. The van der Waals surface area contributed by atoms with E-state index in [-0.39, 0.29) is 18.9 Å². The molecule has 0 unspecified atom stereocenters. The molecule has 3 aromatic rings. The van der Waals surface area contributed by atoms with E-state index in [9.17, 15) is 0 Å². The number of fused-ring (bicyclic) bond motifs is 1. The Morgan fingerprint density at radius 3 is 2.78 bits per heavy atom. The van der Waals surface area contributed by atoms with Crippen molar-refractivity contribution in [3.05, 3.63) is 71.8 Å². The largest absolute Gasteiger partial charge is 0.454 e. The summed E-state index contributed by atoms with van der Waals surface area (Å²) in [4.78, 5) is 10.1. The molecule has 2 aliphatic heterocycles. The van der Waals surface area contributed by atoms with Gasteiger partial charge in [0, 0.05) is 29.3 Å². The van der Waals surface area contributed by atoms with Crippen molar-refractivity contribution in [1.82, 2.24) is 15.3 Å². The van der Waals surface area contributed by atoms with Gasteiger partial charge in [-0.15, -0.1) is 0 Å². The van der Waals surface area contributed by atoms with Crippen molar-refractivity contribution in [2.24, 2.45) is 0 Å². The molecular weight excluding hydrogens is 360 g/mol. The molecule has 5 rings (SSSR count). The number of aryl methyl sites for hydroxylation is 1. The number of nitrogens with one attached hydrogen (secondary N) is 2. The summed E-state index contributed by atoms with van der Waals surface area (Å²) in [5.41, 5.74) is 4.08. The van der Waals surface area contributed by atoms with Crippen LogP contribution in [0.4, 0.5) is 5.69 Å². The third-order valence-electron chi connectivity index (χ3n) is 4.91. The zero-order valence-corrected chi connectivity index (χ0v) is 15.5. The van der Waals surface area contributed by atoms with Crippen molar-refractivity contribution >= 4 is 23.0 Å². The number of nitrogens with zero attached hydrogens (tertiary/aromatic N) is 2. The van der Waals surface area contributed by atoms with E-state index in [1.165, 1.54) is 0 Å². The minimum absolute atomic E-state index is 0.0542. The van der Waals surface area contributed by atoms with Gasteiger partial charge in [-0.25, -0.2) is 0 Å². The topological polar surface area (TPSA) is 62.4 Å². The number of aromatic amines is 1. The first-order valence-corrected chi connectivity index (χ1v) is 9.17. The lowest BCUT2D eigenvalue weighted by atomic mass is 10.0. The van der Waals surface area contributed by atoms with Crippen molar-refractivity contribution in [2.75, 3.05) is 11.7 Å². The lowest BCUT2D eigenvalue weighted by molar-refractivity contribution is 0.174. The van der Waals surface area contributed by atoms with Gasteiger partial charge in [-0.1, -0.05) is 6.07 Å². The molecule has 7 heteroatoms. The van der Waals surface area contributed by atoms with Gasteiger partial charge >= 0.3 is 0 Å². The molecule has 6 nitrogen and oxygen atoms in total. The van der Waals surface area contributed by atoms with E-state index in [0.29, 0.717) is 5.11 Å². The maximum absolute atomic E-state index is 5.71. The number of aromatic nitrogens is 2. The number of thiocarbonyl (C=S) groups is 1. The van der Waals surface area contributed by atoms with Crippen molar-refractivity contribution in [2.45, 2.75) is 19.0 Å². The molecule has 27 heavy (non-hydrogen) atoms. The predicted molar refractivity (Wildman–Crippen MR) is 106 cm³/mol. The Balaban J connectivity index is 1.61. The van der Waals surface area contributed by atoms with Crippen LogP contribution < -0.4 is 19.7 Å². The third-order valence-corrected chi connectivity index (χ3v) is 5.22. The number of anilines is 1. The molecule has 0 bridgehead atoms. The normalized spacial score (nSPS) is 20.8. The molecular formula is C20H18N4O2S. The molecule has 1 fully saturated rings. The number of benzene rings is 1. The summed E-state index contributed by atoms with van der Waals surface area (Å²) < 4.78 is 11.0. The number of rotatable bonds is 3. The Kier molecular flexibility index (Phi) is 3.75. The van der Waals surface area contributed by atoms with E-state index in [2.05, 4.69) is 32.3 Å². The molecule has 0 spiro atoms. The van der Waals surface area contributed by atoms with E-state index in [1.807, 2.05) is 43.3 Å². The average molecular weight is 378 g/mol. The second kappa shape index (κ2) is 6.28. The van der Waals surface area contributed by atoms with Crippen LogP contribution in [-0.4, -0.2) is 21.9 Å². The maximum atomic E-state index is 5.71. The van der Waals surface area contributed by atoms with Crippen LogP contribution >= 0.6 is 12.2 Å². The smallest absolute Gasteiger partial charge is 0.231 e. The highest BCUT2D eigenvalue weighted by atomic mass is 32.1. The van der Waals surface area contributed by atoms with Crippen molar-refractivity contribution in [3.63, 3.8) is 0 Å². The molecule has 2 N–H and O–H groups in total. The molecule has 136 valence electrons. The average Bonchev–Trinajstić information content (AvgIpc) is 3.39. The van der Waals surface area contributed by atoms with Crippen LogP contribution in [0.3, 0.4) is 0 Å². The van der Waals surface area contributed by atoms with Crippen molar-refractivity contribution in [1.29, 1.82) is 0 Å². The van der Waals surface area contributed by atoms with Crippen LogP contribution in [0, 0.1) is 6.92 Å². The lowest BCUT2D eigenvalue weighted by Gasteiger charge is -2.27. The highest BCUT2D eigenvalue weighted by Gasteiger charge is 2.41. The fraction of sp³-hybridized carbons (Fsp3) is 0.200. The summed E-state index contributed by atoms with van der Waals surface area (Å²) in [7, 11) is 0. The number of H-pyrrole nitrogens is 1. The molecule has 0 amide bonds. The molecule has 4 heterocycles. The van der Waals surface area contributed by atoms with Crippen LogP contribution in [0.1, 0.15) is 29.2 Å². The molecule has 0 saturated carbocycles. The fourth-order valence-corrected chi connectivity index (χ4v) is 4.03. The molecule has 1 aromatic carbocycles. The van der Waals surface area contributed by atoms with Crippen LogP contribution in [-0.2, 0) is 0 Å². The lowest BCUT2D eigenvalue weighted by Crippen LogP contribution is -2.29. The number of hydrogen-bond donors (Lipinski definition) is 2. The number of pyridine rings is 1. The fourth-order valence-electron chi connectivity index (χ4n) is 3.68. The van der Waals surface area contributed by atoms with Gasteiger partial charge in [0.2, 0.25) is 6.79 Å². The van der Waals surface area contributed by atoms with Crippen LogP contribution in [0.25, 0.3) is 0 Å². The molecule has 2 aliphatic rings. The van der Waals surface area contributed by atoms with E-state index < -0.39 is 0 Å². The van der Waals surface area contributed by atoms with Gasteiger partial charge in [0.05, 0.1) is 11.7 Å². The highest BCUT2D eigenvalue weighted by molar-refractivity contribution is 7.80. The molecule has 2 aromatic heterocycles. The third kappa shape index (κ3) is 2.71. The predicted octanol–water partition coefficient (Wildman–Crippen LogP) is 3.62. The second-order valence-electron chi connectivity index (χ2n) is 6.63. The first-order valence-electron chi connectivity index (χ1n) is 8.76. The molecule has 2 atom stereocenters. The molecule has 0 radical (unpaired) electrons. The Morgan fingerprint density at radius 1 is 1.11 bits per heavy atom. The van der Waals surface area contributed by atoms with Crippen LogP contribution in [0.15, 0.2) is 54.7 Å². The van der Waals surface area contributed by atoms with Gasteiger partial charge in [-0.2, -0.15) is 0 Å². The number of ether oxygens (including phenoxy) is 2. The summed E-state index contributed by atoms with van der Waals surface area (Å²) in [6, 6.07) is 15.9. The van der Waals surface area contributed by atoms with Gasteiger partial charge in [0.25, 0.3) is 0 Å². The van der Waals surface area contributed by atoms with Gasteiger partial charge < -0.3 is 24.7 Å². The van der Waals surface area contributed by atoms with E-state index >= 15 is 0 Å². The summed E-state index contributed by atoms with van der Waals surface area (Å²) in [6.45, 7) is 2.29. The van der Waals surface area contributed by atoms with Gasteiger partial charge in [-0.3, -0.25) is 4.98 Å². The van der Waals surface area contributed by atoms with Gasteiger partial charge in [0.15, 0.2) is 16.6 Å². The highest BCUT2D eigenvalue weighted by Crippen LogP contribution is 2.44. The summed E-state index contributed by atoms with van der Waals surface area (Å²) in [6.07, 6.45) is 1.81. The minimum Gasteiger partial charge on any atom is -0.454 e. The summed E-state index contributed by atoms with van der Waals surface area (Å²) in [5, 5.41) is 4.10. The van der Waals surface area contributed by atoms with E-state index in [1.54, 1.807) is 6.20 Å². The zero-order chi connectivity index (χ0) is 18.4. The second-order valence-corrected chi connectivity index (χ2v) is 7.02. The standard InChI is InChI=1S/C20H18N4O2S/c1-12-5-7-15(22-12)19-18(14-4-2-3-9-21-14)23-20(27)24(19)13-6-8-16-17(10-13)26-11-25-16/h2-10,18-19,22H,11H2,1H3,(H,23,27)/t18-,19+/m0/s1. The first-order chi connectivity index (χ1) is 13.2. The SMILES string of the molecule is Cc1ccc([C@@H]2[C@H](c3ccccn3)NC(=S)N2c2ccc3c(c2)OCO3)[nH]1. The van der Waals surface area contributed by atoms with E-state index in [0.717, 1.165) is 34.3 Å². The first kappa shape index (κ1) is 16.1. The Labute approximate surface area is 162 Å². The van der Waals surface area contributed by atoms with Gasteiger partial charge in [0.1, 0.15) is 6.04 Å². The monoisotopic (exact) mass is 378 g/mol.